The molecule has 1 aliphatic carbocycles. The molecule has 0 radical (unpaired) electrons. The van der Waals surface area contributed by atoms with Crippen LogP contribution in [-0.2, 0) is 6.42 Å². The first-order valence-electron chi connectivity index (χ1n) is 7.97. The molecule has 0 unspecified atom stereocenters. The number of ketones is 1. The number of fused-ring (bicyclic) bond motifs is 4. The van der Waals surface area contributed by atoms with Gasteiger partial charge in [0.2, 0.25) is 0 Å². The van der Waals surface area contributed by atoms with Crippen LogP contribution in [0.3, 0.4) is 0 Å². The fraction of sp³-hybridized carbons (Fsp3) is 0.0952. The molecule has 5 rings (SSSR count). The van der Waals surface area contributed by atoms with Crippen molar-refractivity contribution in [1.82, 2.24) is 4.57 Å². The van der Waals surface area contributed by atoms with E-state index in [0.29, 0.717) is 6.42 Å². The summed E-state index contributed by atoms with van der Waals surface area (Å²) in [5, 5.41) is 2.49. The van der Waals surface area contributed by atoms with Gasteiger partial charge in [-0.3, -0.25) is 4.79 Å². The molecule has 0 atom stereocenters. The highest BCUT2D eigenvalue weighted by molar-refractivity contribution is 6.09. The maximum absolute atomic E-state index is 12.1. The predicted molar refractivity (Wildman–Crippen MR) is 93.4 cm³/mol. The molecule has 0 spiro atoms. The Morgan fingerprint density at radius 1 is 0.739 bits per heavy atom. The SMILES string of the molecule is O=C1CCc2ccc(-n3c4ccccc4c4ccccc43)cc21. The van der Waals surface area contributed by atoms with Crippen molar-refractivity contribution in [3.63, 3.8) is 0 Å². The van der Waals surface area contributed by atoms with Gasteiger partial charge in [-0.05, 0) is 36.2 Å². The Kier molecular flexibility index (Phi) is 2.51. The van der Waals surface area contributed by atoms with Gasteiger partial charge < -0.3 is 4.57 Å². The molecular weight excluding hydrogens is 282 g/mol. The number of para-hydroxylation sites is 2. The molecule has 2 heteroatoms. The Morgan fingerprint density at radius 3 is 2.09 bits per heavy atom. The van der Waals surface area contributed by atoms with E-state index in [0.717, 1.165) is 17.7 Å². The van der Waals surface area contributed by atoms with Gasteiger partial charge in [-0.25, -0.2) is 0 Å². The zero-order valence-corrected chi connectivity index (χ0v) is 12.6. The van der Waals surface area contributed by atoms with Crippen molar-refractivity contribution in [2.45, 2.75) is 12.8 Å². The summed E-state index contributed by atoms with van der Waals surface area (Å²) in [5.41, 5.74) is 5.50. The summed E-state index contributed by atoms with van der Waals surface area (Å²) in [6, 6.07) is 23.2. The number of hydrogen-bond acceptors (Lipinski definition) is 1. The van der Waals surface area contributed by atoms with Crippen LogP contribution in [0.25, 0.3) is 27.5 Å². The summed E-state index contributed by atoms with van der Waals surface area (Å²) in [6.07, 6.45) is 1.52. The lowest BCUT2D eigenvalue weighted by Crippen LogP contribution is -1.98. The van der Waals surface area contributed by atoms with E-state index in [1.807, 2.05) is 0 Å². The summed E-state index contributed by atoms with van der Waals surface area (Å²) in [5.74, 6) is 0.266. The van der Waals surface area contributed by atoms with Gasteiger partial charge in [0.1, 0.15) is 0 Å². The molecule has 0 saturated heterocycles. The second-order valence-corrected chi connectivity index (χ2v) is 6.13. The van der Waals surface area contributed by atoms with E-state index >= 15 is 0 Å². The molecule has 4 aromatic rings. The summed E-state index contributed by atoms with van der Waals surface area (Å²) in [4.78, 5) is 12.1. The van der Waals surface area contributed by atoms with E-state index in [-0.39, 0.29) is 5.78 Å². The molecule has 1 aromatic heterocycles. The third-order valence-electron chi connectivity index (χ3n) is 4.85. The lowest BCUT2D eigenvalue weighted by Gasteiger charge is -2.09. The Bertz CT molecular complexity index is 1030. The quantitative estimate of drug-likeness (QED) is 0.489. The number of benzene rings is 3. The predicted octanol–water partition coefficient (Wildman–Crippen LogP) is 4.91. The van der Waals surface area contributed by atoms with Crippen molar-refractivity contribution in [2.24, 2.45) is 0 Å². The largest absolute Gasteiger partial charge is 0.309 e. The van der Waals surface area contributed by atoms with Crippen molar-refractivity contribution >= 4 is 27.6 Å². The van der Waals surface area contributed by atoms with E-state index in [9.17, 15) is 4.79 Å². The normalized spacial score (nSPS) is 13.8. The maximum atomic E-state index is 12.1. The van der Waals surface area contributed by atoms with Crippen LogP contribution in [0, 0.1) is 0 Å². The summed E-state index contributed by atoms with van der Waals surface area (Å²) in [6.45, 7) is 0. The number of hydrogen-bond donors (Lipinski definition) is 0. The second kappa shape index (κ2) is 4.56. The van der Waals surface area contributed by atoms with Gasteiger partial charge in [-0.1, -0.05) is 42.5 Å². The summed E-state index contributed by atoms with van der Waals surface area (Å²) in [7, 11) is 0. The average molecular weight is 297 g/mol. The average Bonchev–Trinajstić information content (AvgIpc) is 3.13. The van der Waals surface area contributed by atoms with Crippen molar-refractivity contribution in [1.29, 1.82) is 0 Å². The molecular formula is C21H15NO. The van der Waals surface area contributed by atoms with Crippen molar-refractivity contribution < 1.29 is 4.79 Å². The fourth-order valence-corrected chi connectivity index (χ4v) is 3.76. The lowest BCUT2D eigenvalue weighted by molar-refractivity contribution is 0.0994. The van der Waals surface area contributed by atoms with Crippen LogP contribution in [0.5, 0.6) is 0 Å². The van der Waals surface area contributed by atoms with Crippen LogP contribution in [0.2, 0.25) is 0 Å². The molecule has 0 saturated carbocycles. The summed E-state index contributed by atoms with van der Waals surface area (Å²) < 4.78 is 2.26. The molecule has 0 N–H and O–H groups in total. The van der Waals surface area contributed by atoms with Crippen LogP contribution < -0.4 is 0 Å². The Morgan fingerprint density at radius 2 is 1.39 bits per heavy atom. The minimum atomic E-state index is 0.266. The second-order valence-electron chi connectivity index (χ2n) is 6.13. The fourth-order valence-electron chi connectivity index (χ4n) is 3.76. The van der Waals surface area contributed by atoms with Gasteiger partial charge in [-0.15, -0.1) is 0 Å². The molecule has 1 aliphatic rings. The highest BCUT2D eigenvalue weighted by Gasteiger charge is 2.20. The van der Waals surface area contributed by atoms with E-state index in [2.05, 4.69) is 71.3 Å². The van der Waals surface area contributed by atoms with E-state index in [1.54, 1.807) is 0 Å². The Balaban J connectivity index is 1.89. The van der Waals surface area contributed by atoms with Crippen molar-refractivity contribution in [3.05, 3.63) is 77.9 Å². The molecule has 1 heterocycles. The molecule has 110 valence electrons. The van der Waals surface area contributed by atoms with E-state index in [1.165, 1.54) is 27.4 Å². The van der Waals surface area contributed by atoms with Crippen molar-refractivity contribution in [2.75, 3.05) is 0 Å². The topological polar surface area (TPSA) is 22.0 Å². The van der Waals surface area contributed by atoms with Gasteiger partial charge in [-0.2, -0.15) is 0 Å². The van der Waals surface area contributed by atoms with Gasteiger partial charge in [0.15, 0.2) is 5.78 Å². The molecule has 0 fully saturated rings. The first-order chi connectivity index (χ1) is 11.3. The molecule has 23 heavy (non-hydrogen) atoms. The van der Waals surface area contributed by atoms with Crippen LogP contribution in [0.15, 0.2) is 66.7 Å². The van der Waals surface area contributed by atoms with Crippen molar-refractivity contribution in [3.8, 4) is 5.69 Å². The molecule has 0 bridgehead atoms. The van der Waals surface area contributed by atoms with Gasteiger partial charge in [0.25, 0.3) is 0 Å². The first kappa shape index (κ1) is 12.7. The molecule has 3 aromatic carbocycles. The zero-order chi connectivity index (χ0) is 15.4. The number of rotatable bonds is 1. The minimum Gasteiger partial charge on any atom is -0.309 e. The smallest absolute Gasteiger partial charge is 0.163 e. The number of aromatic nitrogens is 1. The van der Waals surface area contributed by atoms with Crippen LogP contribution in [0.4, 0.5) is 0 Å². The van der Waals surface area contributed by atoms with Gasteiger partial charge in [0, 0.05) is 28.4 Å². The minimum absolute atomic E-state index is 0.266. The number of carbonyl (C=O) groups is 1. The molecule has 2 nitrogen and oxygen atoms in total. The Labute approximate surface area is 134 Å². The number of carbonyl (C=O) groups excluding carboxylic acids is 1. The Hall–Kier alpha value is -2.87. The third kappa shape index (κ3) is 1.72. The number of Topliss-reactive ketones (excluding diaryl/α,β-unsaturated/α-hetero) is 1. The van der Waals surface area contributed by atoms with E-state index in [4.69, 9.17) is 0 Å². The highest BCUT2D eigenvalue weighted by Crippen LogP contribution is 2.33. The van der Waals surface area contributed by atoms with E-state index < -0.39 is 0 Å². The maximum Gasteiger partial charge on any atom is 0.163 e. The lowest BCUT2D eigenvalue weighted by atomic mass is 10.1. The number of nitrogens with zero attached hydrogens (tertiary/aromatic N) is 1. The van der Waals surface area contributed by atoms with Crippen LogP contribution in [-0.4, -0.2) is 10.4 Å². The third-order valence-corrected chi connectivity index (χ3v) is 4.85. The zero-order valence-electron chi connectivity index (χ0n) is 12.6. The summed E-state index contributed by atoms with van der Waals surface area (Å²) >= 11 is 0. The first-order valence-corrected chi connectivity index (χ1v) is 7.97. The highest BCUT2D eigenvalue weighted by atomic mass is 16.1. The molecule has 0 aliphatic heterocycles. The standard InChI is InChI=1S/C21H15NO/c23-21-12-10-14-9-11-15(13-18(14)21)22-19-7-3-1-5-16(19)17-6-2-4-8-20(17)22/h1-9,11,13H,10,12H2. The van der Waals surface area contributed by atoms with Gasteiger partial charge in [0.05, 0.1) is 11.0 Å². The van der Waals surface area contributed by atoms with Gasteiger partial charge >= 0.3 is 0 Å². The van der Waals surface area contributed by atoms with Crippen LogP contribution >= 0.6 is 0 Å². The molecule has 0 amide bonds. The van der Waals surface area contributed by atoms with Crippen LogP contribution in [0.1, 0.15) is 22.3 Å². The monoisotopic (exact) mass is 297 g/mol. The number of aryl methyl sites for hydroxylation is 1.